The second-order valence-electron chi connectivity index (χ2n) is 29.6. The van der Waals surface area contributed by atoms with Gasteiger partial charge in [-0.05, 0) is 128 Å². The number of aliphatic hydroxyl groups excluding tert-OH is 8. The maximum Gasteiger partial charge on any atom is 0.220 e. The van der Waals surface area contributed by atoms with Crippen molar-refractivity contribution in [3.63, 3.8) is 0 Å². The van der Waals surface area contributed by atoms with Crippen molar-refractivity contribution in [3.8, 4) is 0 Å². The highest BCUT2D eigenvalue weighted by Crippen LogP contribution is 2.30. The second-order valence-corrected chi connectivity index (χ2v) is 29.6. The first-order chi connectivity index (χ1) is 53.1. The molecule has 2 saturated heterocycles. The highest BCUT2D eigenvalue weighted by atomic mass is 16.7. The minimum Gasteiger partial charge on any atom is -0.394 e. The summed E-state index contributed by atoms with van der Waals surface area (Å²) in [6.45, 7) is 2.68. The molecule has 2 aliphatic rings. The number of carbonyl (C=O) groups excluding carboxylic acids is 1. The molecule has 2 heterocycles. The summed E-state index contributed by atoms with van der Waals surface area (Å²) in [6.07, 6.45) is 100. The molecular formula is C94H157NO13. The number of rotatable bonds is 71. The Morgan fingerprint density at radius 2 is 0.648 bits per heavy atom. The fourth-order valence-electron chi connectivity index (χ4n) is 13.1. The standard InChI is InChI=1S/C94H157NO13/c1-3-5-7-9-11-13-15-17-19-21-23-25-27-29-31-33-35-37-38-39-40-41-42-43-44-46-48-50-52-54-56-58-60-62-64-66-68-70-72-74-76-78-86(99)95-82(81-105-93-91(104)89(102)92(85(80-97)107-93)108-94-90(103)88(101)87(100)84(79-96)106-94)83(98)77-75-73-71-69-67-65-63-61-59-57-55-53-51-49-47-45-36-34-32-30-28-26-24-22-20-18-16-14-12-10-8-6-4-2/h5,7,11,13,17,19,23,25,29,31,35,37,39-40,42-43,46,48,52,54,58-61,67,69,75,77,82-85,87-94,96-98,100-104H,3-4,6,8-10,12,14-16,18,20-22,24,26-28,30,32-34,36,38,41,44-45,47,49-51,53,55-57,62-66,68,70-74,76,78-81H2,1-2H3,(H,95,99)/b7-5-,13-11-,19-17-,25-23-,31-29-,37-35-,40-39-,43-42-,48-46-,54-52-,60-58-,61-59+,69-67+,77-75+. The summed E-state index contributed by atoms with van der Waals surface area (Å²) in [7, 11) is 0. The second kappa shape index (κ2) is 75.1. The number of aliphatic hydroxyl groups is 8. The van der Waals surface area contributed by atoms with E-state index in [0.717, 1.165) is 141 Å². The van der Waals surface area contributed by atoms with E-state index in [4.69, 9.17) is 18.9 Å². The van der Waals surface area contributed by atoms with Crippen molar-refractivity contribution in [2.24, 2.45) is 0 Å². The van der Waals surface area contributed by atoms with Crippen LogP contribution in [0.15, 0.2) is 170 Å². The molecule has 12 unspecified atom stereocenters. The minimum atomic E-state index is -1.80. The van der Waals surface area contributed by atoms with Crippen LogP contribution in [-0.4, -0.2) is 140 Å². The number of nitrogens with one attached hydrogen (secondary N) is 1. The first-order valence-corrected chi connectivity index (χ1v) is 43.4. The quantitative estimate of drug-likeness (QED) is 0.0204. The molecule has 2 aliphatic heterocycles. The predicted octanol–water partition coefficient (Wildman–Crippen LogP) is 21.0. The van der Waals surface area contributed by atoms with E-state index < -0.39 is 86.8 Å². The molecule has 0 aromatic heterocycles. The lowest BCUT2D eigenvalue weighted by molar-refractivity contribution is -0.359. The molecule has 0 aromatic carbocycles. The van der Waals surface area contributed by atoms with Gasteiger partial charge in [0.1, 0.15) is 48.8 Å². The van der Waals surface area contributed by atoms with Crippen LogP contribution in [-0.2, 0) is 23.7 Å². The number of amides is 1. The molecule has 0 aromatic rings. The summed E-state index contributed by atoms with van der Waals surface area (Å²) in [6, 6.07) is -0.960. The van der Waals surface area contributed by atoms with Gasteiger partial charge in [0, 0.05) is 6.42 Å². The zero-order valence-electron chi connectivity index (χ0n) is 67.8. The molecule has 14 heteroatoms. The fourth-order valence-corrected chi connectivity index (χ4v) is 13.1. The van der Waals surface area contributed by atoms with E-state index in [1.54, 1.807) is 6.08 Å². The van der Waals surface area contributed by atoms with Gasteiger partial charge < -0.3 is 65.1 Å². The minimum absolute atomic E-state index is 0.246. The molecule has 0 aliphatic carbocycles. The van der Waals surface area contributed by atoms with Gasteiger partial charge in [-0.3, -0.25) is 4.79 Å². The Labute approximate surface area is 658 Å². The first-order valence-electron chi connectivity index (χ1n) is 43.4. The van der Waals surface area contributed by atoms with Gasteiger partial charge >= 0.3 is 0 Å². The molecule has 0 bridgehead atoms. The Morgan fingerprint density at radius 1 is 0.343 bits per heavy atom. The van der Waals surface area contributed by atoms with Crippen LogP contribution in [0.3, 0.4) is 0 Å². The number of allylic oxidation sites excluding steroid dienone is 27. The molecule has 12 atom stereocenters. The van der Waals surface area contributed by atoms with E-state index in [9.17, 15) is 45.6 Å². The van der Waals surface area contributed by atoms with Crippen LogP contribution >= 0.6 is 0 Å². The molecule has 0 saturated carbocycles. The number of hydrogen-bond acceptors (Lipinski definition) is 13. The van der Waals surface area contributed by atoms with Crippen molar-refractivity contribution in [2.45, 2.75) is 396 Å². The van der Waals surface area contributed by atoms with Gasteiger partial charge in [-0.2, -0.15) is 0 Å². The molecule has 2 rings (SSSR count). The maximum absolute atomic E-state index is 13.4. The number of hydrogen-bond donors (Lipinski definition) is 9. The van der Waals surface area contributed by atoms with E-state index >= 15 is 0 Å². The van der Waals surface area contributed by atoms with Gasteiger partial charge in [0.2, 0.25) is 5.91 Å². The average Bonchev–Trinajstić information content (AvgIpc) is 0.789. The van der Waals surface area contributed by atoms with Crippen molar-refractivity contribution >= 4 is 5.91 Å². The fraction of sp³-hybridized carbons (Fsp3) is 0.691. The molecule has 1 amide bonds. The summed E-state index contributed by atoms with van der Waals surface area (Å²) >= 11 is 0. The van der Waals surface area contributed by atoms with Crippen LogP contribution in [0.2, 0.25) is 0 Å². The summed E-state index contributed by atoms with van der Waals surface area (Å²) in [5, 5.41) is 87.8. The van der Waals surface area contributed by atoms with Gasteiger partial charge in [0.05, 0.1) is 32.0 Å². The third-order valence-corrected chi connectivity index (χ3v) is 19.9. The topological polar surface area (TPSA) is 228 Å². The van der Waals surface area contributed by atoms with Crippen LogP contribution in [0, 0.1) is 0 Å². The molecule has 108 heavy (non-hydrogen) atoms. The van der Waals surface area contributed by atoms with Crippen LogP contribution < -0.4 is 5.32 Å². The zero-order valence-corrected chi connectivity index (χ0v) is 67.8. The molecular weight excluding hydrogens is 1350 g/mol. The van der Waals surface area contributed by atoms with Crippen LogP contribution in [0.1, 0.15) is 322 Å². The Morgan fingerprint density at radius 3 is 1.02 bits per heavy atom. The highest BCUT2D eigenvalue weighted by molar-refractivity contribution is 5.76. The largest absolute Gasteiger partial charge is 0.394 e. The number of carbonyl (C=O) groups is 1. The van der Waals surface area contributed by atoms with E-state index in [2.05, 4.69) is 177 Å². The Balaban J connectivity index is 1.64. The molecule has 9 N–H and O–H groups in total. The van der Waals surface area contributed by atoms with Gasteiger partial charge in [-0.15, -0.1) is 0 Å². The van der Waals surface area contributed by atoms with Crippen molar-refractivity contribution in [3.05, 3.63) is 170 Å². The van der Waals surface area contributed by atoms with Gasteiger partial charge in [0.15, 0.2) is 12.6 Å². The average molecular weight is 1510 g/mol. The Bertz CT molecular complexity index is 2490. The first kappa shape index (κ1) is 99.4. The van der Waals surface area contributed by atoms with E-state index in [0.29, 0.717) is 12.8 Å². The van der Waals surface area contributed by atoms with Crippen molar-refractivity contribution in [1.29, 1.82) is 0 Å². The summed E-state index contributed by atoms with van der Waals surface area (Å²) < 4.78 is 22.9. The Hall–Kier alpha value is -4.65. The monoisotopic (exact) mass is 1510 g/mol. The smallest absolute Gasteiger partial charge is 0.220 e. The third-order valence-electron chi connectivity index (χ3n) is 19.9. The summed E-state index contributed by atoms with van der Waals surface area (Å²) in [5.41, 5.74) is 0. The maximum atomic E-state index is 13.4. The van der Waals surface area contributed by atoms with E-state index in [-0.39, 0.29) is 18.9 Å². The van der Waals surface area contributed by atoms with Crippen molar-refractivity contribution in [1.82, 2.24) is 5.32 Å². The molecule has 616 valence electrons. The summed E-state index contributed by atoms with van der Waals surface area (Å²) in [4.78, 5) is 13.4. The molecule has 0 spiro atoms. The SMILES string of the molecule is CC/C=C\C/C=C\C/C=C\C/C=C\C/C=C\C/C=C\C/C=C\C/C=C\C/C=C\C/C=C\C/C=C\CCCCCCCCCC(=O)NC(COC1OC(CO)C(OC2OC(CO)C(O)C(O)C2O)C(O)C1O)C(O)/C=C/CC/C=C/CC/C=C/CCCCCCCCCCCCCCCCCCCCCCCCC. The highest BCUT2D eigenvalue weighted by Gasteiger charge is 2.51. The van der Waals surface area contributed by atoms with Gasteiger partial charge in [-0.1, -0.05) is 357 Å². The molecule has 0 radical (unpaired) electrons. The molecule has 2 fully saturated rings. The van der Waals surface area contributed by atoms with Gasteiger partial charge in [-0.25, -0.2) is 0 Å². The zero-order chi connectivity index (χ0) is 77.9. The van der Waals surface area contributed by atoms with E-state index in [1.165, 1.54) is 148 Å². The van der Waals surface area contributed by atoms with Gasteiger partial charge in [0.25, 0.3) is 0 Å². The third kappa shape index (κ3) is 56.5. The lowest BCUT2D eigenvalue weighted by atomic mass is 9.97. The molecule has 14 nitrogen and oxygen atoms in total. The number of unbranched alkanes of at least 4 members (excludes halogenated alkanes) is 32. The number of ether oxygens (including phenoxy) is 4. The van der Waals surface area contributed by atoms with E-state index in [1.807, 2.05) is 6.08 Å². The predicted molar refractivity (Wildman–Crippen MR) is 451 cm³/mol. The van der Waals surface area contributed by atoms with Crippen LogP contribution in [0.4, 0.5) is 0 Å². The van der Waals surface area contributed by atoms with Crippen LogP contribution in [0.25, 0.3) is 0 Å². The summed E-state index contributed by atoms with van der Waals surface area (Å²) in [5.74, 6) is -0.269. The normalized spacial score (nSPS) is 22.0. The lowest BCUT2D eigenvalue weighted by Crippen LogP contribution is -2.65. The Kier molecular flexibility index (Phi) is 69.1. The van der Waals surface area contributed by atoms with Crippen molar-refractivity contribution in [2.75, 3.05) is 19.8 Å². The van der Waals surface area contributed by atoms with Crippen molar-refractivity contribution < 1.29 is 64.6 Å². The lowest BCUT2D eigenvalue weighted by Gasteiger charge is -2.46. The van der Waals surface area contributed by atoms with Crippen LogP contribution in [0.5, 0.6) is 0 Å².